The highest BCUT2D eigenvalue weighted by molar-refractivity contribution is 5.98. The molecule has 31 heavy (non-hydrogen) atoms. The van der Waals surface area contributed by atoms with Crippen molar-refractivity contribution in [3.63, 3.8) is 0 Å². The highest BCUT2D eigenvalue weighted by Crippen LogP contribution is 2.28. The Bertz CT molecular complexity index is 924. The van der Waals surface area contributed by atoms with Gasteiger partial charge in [-0.1, -0.05) is 0 Å². The maximum atomic E-state index is 12.4. The Labute approximate surface area is 180 Å². The molecule has 1 aliphatic carbocycles. The molecule has 1 aromatic carbocycles. The van der Waals surface area contributed by atoms with Crippen LogP contribution in [0.5, 0.6) is 5.75 Å². The zero-order chi connectivity index (χ0) is 22.2. The van der Waals surface area contributed by atoms with E-state index in [1.54, 1.807) is 24.3 Å². The number of nitrogen functional groups attached to an aromatic ring is 1. The molecular weight excluding hydrogens is 400 g/mol. The van der Waals surface area contributed by atoms with Crippen LogP contribution in [0.4, 0.5) is 5.82 Å². The molecule has 0 atom stereocenters. The molecular formula is C22H26N4O5. The molecule has 164 valence electrons. The predicted octanol–water partition coefficient (Wildman–Crippen LogP) is 2.47. The largest absolute Gasteiger partial charge is 0.490 e. The van der Waals surface area contributed by atoms with Crippen LogP contribution in [-0.4, -0.2) is 45.4 Å². The molecule has 1 saturated carbocycles. The summed E-state index contributed by atoms with van der Waals surface area (Å²) in [6.07, 6.45) is 6.08. The van der Waals surface area contributed by atoms with Gasteiger partial charge in [0.1, 0.15) is 17.9 Å². The molecule has 1 amide bonds. The number of aliphatic carboxylic acids is 1. The number of hydrogen-bond acceptors (Lipinski definition) is 7. The van der Waals surface area contributed by atoms with Gasteiger partial charge in [-0.2, -0.15) is 0 Å². The van der Waals surface area contributed by atoms with Gasteiger partial charge in [-0.25, -0.2) is 9.97 Å². The summed E-state index contributed by atoms with van der Waals surface area (Å²) in [7, 11) is 0. The van der Waals surface area contributed by atoms with Crippen LogP contribution in [0.1, 0.15) is 59.2 Å². The van der Waals surface area contributed by atoms with E-state index in [9.17, 15) is 14.4 Å². The van der Waals surface area contributed by atoms with Gasteiger partial charge in [0.15, 0.2) is 5.78 Å². The molecule has 1 heterocycles. The molecule has 4 N–H and O–H groups in total. The lowest BCUT2D eigenvalue weighted by molar-refractivity contribution is -0.143. The number of benzene rings is 1. The lowest BCUT2D eigenvalue weighted by atomic mass is 9.87. The van der Waals surface area contributed by atoms with Crippen molar-refractivity contribution in [2.24, 2.45) is 5.92 Å². The van der Waals surface area contributed by atoms with Crippen LogP contribution in [0.3, 0.4) is 0 Å². The zero-order valence-corrected chi connectivity index (χ0v) is 17.1. The van der Waals surface area contributed by atoms with Crippen LogP contribution in [0.25, 0.3) is 0 Å². The Balaban J connectivity index is 1.39. The van der Waals surface area contributed by atoms with Crippen LogP contribution in [0, 0.1) is 5.92 Å². The van der Waals surface area contributed by atoms with Gasteiger partial charge in [-0.15, -0.1) is 0 Å². The number of amides is 1. The van der Waals surface area contributed by atoms with E-state index in [2.05, 4.69) is 15.3 Å². The molecule has 1 aromatic heterocycles. The summed E-state index contributed by atoms with van der Waals surface area (Å²) >= 11 is 0. The molecule has 2 aromatic rings. The van der Waals surface area contributed by atoms with Gasteiger partial charge in [0.2, 0.25) is 0 Å². The van der Waals surface area contributed by atoms with E-state index >= 15 is 0 Å². The standard InChI is InChI=1S/C22H26N4O5/c23-20-18(12-24-13-26-20)21(28)25-11-1-2-19(27)14-3-7-16(8-4-14)31-17-9-5-15(6-10-17)22(29)30/h3-4,7-8,12-13,15,17H,1-2,5-6,9-11H2,(H,25,28)(H,29,30)(H2,23,24,26). The first-order valence-electron chi connectivity index (χ1n) is 10.3. The first kappa shape index (κ1) is 22.2. The average molecular weight is 426 g/mol. The van der Waals surface area contributed by atoms with Crippen LogP contribution in [0.15, 0.2) is 36.8 Å². The van der Waals surface area contributed by atoms with Crippen molar-refractivity contribution in [2.75, 3.05) is 12.3 Å². The Morgan fingerprint density at radius 2 is 1.84 bits per heavy atom. The molecule has 1 aliphatic rings. The average Bonchev–Trinajstić information content (AvgIpc) is 2.77. The summed E-state index contributed by atoms with van der Waals surface area (Å²) in [6, 6.07) is 6.97. The van der Waals surface area contributed by atoms with Gasteiger partial charge in [0, 0.05) is 24.7 Å². The highest BCUT2D eigenvalue weighted by atomic mass is 16.5. The number of ether oxygens (including phenoxy) is 1. The van der Waals surface area contributed by atoms with Gasteiger partial charge in [-0.3, -0.25) is 14.4 Å². The molecule has 1 fully saturated rings. The molecule has 0 saturated heterocycles. The SMILES string of the molecule is Nc1ncncc1C(=O)NCCCC(=O)c1ccc(OC2CCC(C(=O)O)CC2)cc1. The van der Waals surface area contributed by atoms with E-state index in [1.165, 1.54) is 12.5 Å². The number of nitrogens with one attached hydrogen (secondary N) is 1. The van der Waals surface area contributed by atoms with E-state index < -0.39 is 5.97 Å². The van der Waals surface area contributed by atoms with Crippen LogP contribution < -0.4 is 15.8 Å². The minimum Gasteiger partial charge on any atom is -0.490 e. The third-order valence-electron chi connectivity index (χ3n) is 5.36. The fourth-order valence-electron chi connectivity index (χ4n) is 3.54. The van der Waals surface area contributed by atoms with Crippen molar-refractivity contribution in [1.82, 2.24) is 15.3 Å². The van der Waals surface area contributed by atoms with E-state index in [4.69, 9.17) is 15.6 Å². The normalized spacial score (nSPS) is 18.2. The Kier molecular flexibility index (Phi) is 7.53. The molecule has 0 bridgehead atoms. The third kappa shape index (κ3) is 6.24. The smallest absolute Gasteiger partial charge is 0.306 e. The highest BCUT2D eigenvalue weighted by Gasteiger charge is 2.26. The fourth-order valence-corrected chi connectivity index (χ4v) is 3.54. The summed E-state index contributed by atoms with van der Waals surface area (Å²) in [4.78, 5) is 43.0. The second-order valence-electron chi connectivity index (χ2n) is 7.56. The maximum absolute atomic E-state index is 12.4. The number of aromatic nitrogens is 2. The number of Topliss-reactive ketones (excluding diaryl/α,β-unsaturated/α-hetero) is 1. The predicted molar refractivity (Wildman–Crippen MR) is 113 cm³/mol. The number of carbonyl (C=O) groups excluding carboxylic acids is 2. The topological polar surface area (TPSA) is 144 Å². The van der Waals surface area contributed by atoms with Gasteiger partial charge in [-0.05, 0) is 56.4 Å². The molecule has 0 unspecified atom stereocenters. The zero-order valence-electron chi connectivity index (χ0n) is 17.1. The summed E-state index contributed by atoms with van der Waals surface area (Å²) < 4.78 is 5.92. The Morgan fingerprint density at radius 3 is 2.48 bits per heavy atom. The molecule has 0 spiro atoms. The number of carboxylic acids is 1. The van der Waals surface area contributed by atoms with Gasteiger partial charge >= 0.3 is 5.97 Å². The number of ketones is 1. The van der Waals surface area contributed by atoms with Gasteiger partial charge in [0.05, 0.1) is 17.6 Å². The number of rotatable bonds is 9. The minimum atomic E-state index is -0.737. The summed E-state index contributed by atoms with van der Waals surface area (Å²) in [5.41, 5.74) is 6.43. The monoisotopic (exact) mass is 426 g/mol. The van der Waals surface area contributed by atoms with Crippen molar-refractivity contribution in [3.8, 4) is 5.75 Å². The summed E-state index contributed by atoms with van der Waals surface area (Å²) in [6.45, 7) is 0.332. The lowest BCUT2D eigenvalue weighted by Gasteiger charge is -2.26. The van der Waals surface area contributed by atoms with Crippen molar-refractivity contribution < 1.29 is 24.2 Å². The maximum Gasteiger partial charge on any atom is 0.306 e. The summed E-state index contributed by atoms with van der Waals surface area (Å²) in [5.74, 6) is -0.622. The third-order valence-corrected chi connectivity index (χ3v) is 5.36. The Morgan fingerprint density at radius 1 is 1.13 bits per heavy atom. The number of anilines is 1. The fraction of sp³-hybridized carbons (Fsp3) is 0.409. The van der Waals surface area contributed by atoms with Gasteiger partial charge < -0.3 is 20.9 Å². The van der Waals surface area contributed by atoms with Crippen LogP contribution >= 0.6 is 0 Å². The van der Waals surface area contributed by atoms with Crippen molar-refractivity contribution in [3.05, 3.63) is 47.9 Å². The molecule has 0 aliphatic heterocycles. The number of carboxylic acid groups (broad SMARTS) is 1. The summed E-state index contributed by atoms with van der Waals surface area (Å²) in [5, 5.41) is 11.8. The molecule has 9 nitrogen and oxygen atoms in total. The lowest BCUT2D eigenvalue weighted by Crippen LogP contribution is -2.27. The van der Waals surface area contributed by atoms with Crippen molar-refractivity contribution in [1.29, 1.82) is 0 Å². The second kappa shape index (κ2) is 10.5. The number of nitrogens with zero attached hydrogens (tertiary/aromatic N) is 2. The molecule has 9 heteroatoms. The molecule has 3 rings (SSSR count). The number of carbonyl (C=O) groups is 3. The van der Waals surface area contributed by atoms with E-state index in [-0.39, 0.29) is 35.1 Å². The first-order chi connectivity index (χ1) is 14.9. The van der Waals surface area contributed by atoms with E-state index in [0.29, 0.717) is 56.4 Å². The quantitative estimate of drug-likeness (QED) is 0.410. The first-order valence-corrected chi connectivity index (χ1v) is 10.3. The second-order valence-corrected chi connectivity index (χ2v) is 7.56. The van der Waals surface area contributed by atoms with Crippen molar-refractivity contribution >= 4 is 23.5 Å². The number of nitrogens with two attached hydrogens (primary N) is 1. The minimum absolute atomic E-state index is 0.00446. The van der Waals surface area contributed by atoms with Crippen LogP contribution in [0.2, 0.25) is 0 Å². The van der Waals surface area contributed by atoms with E-state index in [0.717, 1.165) is 0 Å². The molecule has 0 radical (unpaired) electrons. The number of hydrogen-bond donors (Lipinski definition) is 3. The van der Waals surface area contributed by atoms with Crippen molar-refractivity contribution in [2.45, 2.75) is 44.6 Å². The van der Waals surface area contributed by atoms with E-state index in [1.807, 2.05) is 0 Å². The van der Waals surface area contributed by atoms with Gasteiger partial charge in [0.25, 0.3) is 5.91 Å². The van der Waals surface area contributed by atoms with Crippen LogP contribution in [-0.2, 0) is 4.79 Å². The Hall–Kier alpha value is -3.49.